The van der Waals surface area contributed by atoms with Crippen LogP contribution in [0, 0.1) is 0 Å². The van der Waals surface area contributed by atoms with E-state index in [0.717, 1.165) is 17.4 Å². The van der Waals surface area contributed by atoms with E-state index in [1.165, 1.54) is 0 Å². The molecule has 0 fully saturated rings. The largest absolute Gasteiger partial charge is 0.335 e. The lowest BCUT2D eigenvalue weighted by atomic mass is 9.90. The predicted molar refractivity (Wildman–Crippen MR) is 95.8 cm³/mol. The molecule has 2 aromatic rings. The van der Waals surface area contributed by atoms with Crippen LogP contribution in [0.2, 0.25) is 10.0 Å². The zero-order valence-electron chi connectivity index (χ0n) is 13.3. The van der Waals surface area contributed by atoms with Crippen molar-refractivity contribution in [1.82, 2.24) is 4.90 Å². The summed E-state index contributed by atoms with van der Waals surface area (Å²) in [6.07, 6.45) is 1.73. The number of carbonyl (C=O) groups excluding carboxylic acids is 2. The van der Waals surface area contributed by atoms with Gasteiger partial charge in [-0.3, -0.25) is 9.59 Å². The summed E-state index contributed by atoms with van der Waals surface area (Å²) >= 11 is 12.4. The Morgan fingerprint density at radius 1 is 1.21 bits per heavy atom. The molecule has 0 saturated carbocycles. The molecule has 0 bridgehead atoms. The van der Waals surface area contributed by atoms with Crippen molar-refractivity contribution in [2.24, 2.45) is 0 Å². The van der Waals surface area contributed by atoms with Gasteiger partial charge in [0.1, 0.15) is 6.29 Å². The van der Waals surface area contributed by atoms with Crippen molar-refractivity contribution in [1.29, 1.82) is 0 Å². The Hall–Kier alpha value is -1.84. The molecule has 0 saturated heterocycles. The number of halogens is 2. The van der Waals surface area contributed by atoms with Crippen LogP contribution in [0.5, 0.6) is 0 Å². The van der Waals surface area contributed by atoms with E-state index in [9.17, 15) is 9.59 Å². The van der Waals surface area contributed by atoms with Crippen LogP contribution >= 0.6 is 23.2 Å². The van der Waals surface area contributed by atoms with Crippen LogP contribution in [-0.2, 0) is 17.6 Å². The summed E-state index contributed by atoms with van der Waals surface area (Å²) in [5.74, 6) is -0.0142. The van der Waals surface area contributed by atoms with Gasteiger partial charge < -0.3 is 4.90 Å². The van der Waals surface area contributed by atoms with Gasteiger partial charge in [-0.05, 0) is 42.2 Å². The molecule has 0 unspecified atom stereocenters. The van der Waals surface area contributed by atoms with Crippen LogP contribution in [-0.4, -0.2) is 23.6 Å². The molecule has 5 heteroatoms. The molecule has 0 spiro atoms. The second kappa shape index (κ2) is 6.96. The molecule has 1 atom stereocenters. The van der Waals surface area contributed by atoms with Gasteiger partial charge in [0.25, 0.3) is 0 Å². The van der Waals surface area contributed by atoms with Gasteiger partial charge in [-0.25, -0.2) is 0 Å². The maximum Gasteiger partial charge on any atom is 0.227 e. The molecule has 1 aliphatic rings. The predicted octanol–water partition coefficient (Wildman–Crippen LogP) is 4.49. The lowest BCUT2D eigenvalue weighted by Gasteiger charge is -2.36. The number of aldehydes is 1. The van der Waals surface area contributed by atoms with E-state index >= 15 is 0 Å². The third kappa shape index (κ3) is 3.06. The van der Waals surface area contributed by atoms with E-state index in [1.807, 2.05) is 30.0 Å². The molecule has 0 N–H and O–H groups in total. The maximum atomic E-state index is 12.8. The van der Waals surface area contributed by atoms with Crippen LogP contribution < -0.4 is 0 Å². The van der Waals surface area contributed by atoms with Gasteiger partial charge in [0.05, 0.1) is 12.5 Å². The minimum absolute atomic E-state index is 0.0142. The molecule has 3 rings (SSSR count). The monoisotopic (exact) mass is 361 g/mol. The van der Waals surface area contributed by atoms with E-state index in [-0.39, 0.29) is 18.4 Å². The van der Waals surface area contributed by atoms with E-state index in [2.05, 4.69) is 0 Å². The summed E-state index contributed by atoms with van der Waals surface area (Å²) in [6.45, 7) is 2.57. The quantitative estimate of drug-likeness (QED) is 0.755. The first-order valence-corrected chi connectivity index (χ1v) is 8.58. The minimum atomic E-state index is -0.0811. The van der Waals surface area contributed by atoms with Gasteiger partial charge >= 0.3 is 0 Å². The zero-order valence-corrected chi connectivity index (χ0v) is 14.8. The maximum absolute atomic E-state index is 12.8. The zero-order chi connectivity index (χ0) is 17.3. The van der Waals surface area contributed by atoms with Crippen molar-refractivity contribution in [3.05, 3.63) is 68.7 Å². The SMILES string of the molecule is C[C@H]1c2cccc(C=O)c2CCN1C(=O)Cc1c(Cl)cccc1Cl. The molecular formula is C19H17Cl2NO2. The second-order valence-corrected chi connectivity index (χ2v) is 6.74. The number of nitrogens with zero attached hydrogens (tertiary/aromatic N) is 1. The number of benzene rings is 2. The lowest BCUT2D eigenvalue weighted by Crippen LogP contribution is -2.40. The molecule has 0 radical (unpaired) electrons. The number of hydrogen-bond donors (Lipinski definition) is 0. The Balaban J connectivity index is 1.86. The Labute approximate surface area is 151 Å². The summed E-state index contributed by atoms with van der Waals surface area (Å²) < 4.78 is 0. The summed E-state index contributed by atoms with van der Waals surface area (Å²) in [5.41, 5.74) is 3.44. The fraction of sp³-hybridized carbons (Fsp3) is 0.263. The van der Waals surface area contributed by atoms with Crippen LogP contribution in [0.4, 0.5) is 0 Å². The molecule has 1 amide bonds. The highest BCUT2D eigenvalue weighted by atomic mass is 35.5. The molecule has 24 heavy (non-hydrogen) atoms. The Bertz CT molecular complexity index is 784. The highest BCUT2D eigenvalue weighted by Gasteiger charge is 2.29. The molecule has 0 aliphatic carbocycles. The first-order chi connectivity index (χ1) is 11.5. The van der Waals surface area contributed by atoms with Crippen molar-refractivity contribution in [2.75, 3.05) is 6.54 Å². The van der Waals surface area contributed by atoms with E-state index in [4.69, 9.17) is 23.2 Å². The average Bonchev–Trinajstić information content (AvgIpc) is 2.58. The molecule has 1 heterocycles. The summed E-state index contributed by atoms with van der Waals surface area (Å²) in [6, 6.07) is 10.8. The van der Waals surface area contributed by atoms with E-state index < -0.39 is 0 Å². The standard InChI is InChI=1S/C19H17Cl2NO2/c1-12-14-5-2-4-13(11-23)15(14)8-9-22(12)19(24)10-16-17(20)6-3-7-18(16)21/h2-7,11-12H,8-10H2,1H3/t12-/m0/s1. The number of hydrogen-bond acceptors (Lipinski definition) is 2. The summed E-state index contributed by atoms with van der Waals surface area (Å²) in [5, 5.41) is 1.01. The van der Waals surface area contributed by atoms with Crippen LogP contribution in [0.15, 0.2) is 36.4 Å². The third-order valence-corrected chi connectivity index (χ3v) is 5.31. The summed E-state index contributed by atoms with van der Waals surface area (Å²) in [4.78, 5) is 25.8. The van der Waals surface area contributed by atoms with Crippen LogP contribution in [0.3, 0.4) is 0 Å². The Morgan fingerprint density at radius 2 is 1.88 bits per heavy atom. The fourth-order valence-electron chi connectivity index (χ4n) is 3.30. The first kappa shape index (κ1) is 17.0. The minimum Gasteiger partial charge on any atom is -0.335 e. The fourth-order valence-corrected chi connectivity index (χ4v) is 3.83. The van der Waals surface area contributed by atoms with E-state index in [0.29, 0.717) is 34.1 Å². The second-order valence-electron chi connectivity index (χ2n) is 5.92. The highest BCUT2D eigenvalue weighted by molar-refractivity contribution is 6.36. The molecule has 3 nitrogen and oxygen atoms in total. The van der Waals surface area contributed by atoms with Gasteiger partial charge in [-0.15, -0.1) is 0 Å². The smallest absolute Gasteiger partial charge is 0.227 e. The van der Waals surface area contributed by atoms with Gasteiger partial charge in [-0.1, -0.05) is 47.5 Å². The van der Waals surface area contributed by atoms with Crippen LogP contribution in [0.25, 0.3) is 0 Å². The third-order valence-electron chi connectivity index (χ3n) is 4.61. The number of amides is 1. The van der Waals surface area contributed by atoms with Crippen molar-refractivity contribution in [3.8, 4) is 0 Å². The normalized spacial score (nSPS) is 16.6. The number of carbonyl (C=O) groups is 2. The van der Waals surface area contributed by atoms with Gasteiger partial charge in [-0.2, -0.15) is 0 Å². The van der Waals surface area contributed by atoms with Gasteiger partial charge in [0.15, 0.2) is 0 Å². The molecular weight excluding hydrogens is 345 g/mol. The number of rotatable bonds is 3. The Morgan fingerprint density at radius 3 is 2.54 bits per heavy atom. The Kier molecular flexibility index (Phi) is 4.93. The topological polar surface area (TPSA) is 37.4 Å². The molecule has 0 aromatic heterocycles. The number of fused-ring (bicyclic) bond motifs is 1. The van der Waals surface area contributed by atoms with Gasteiger partial charge in [0, 0.05) is 22.2 Å². The molecule has 124 valence electrons. The lowest BCUT2D eigenvalue weighted by molar-refractivity contribution is -0.133. The summed E-state index contributed by atoms with van der Waals surface area (Å²) in [7, 11) is 0. The van der Waals surface area contributed by atoms with Crippen molar-refractivity contribution < 1.29 is 9.59 Å². The van der Waals surface area contributed by atoms with Crippen molar-refractivity contribution in [2.45, 2.75) is 25.8 Å². The van der Waals surface area contributed by atoms with Gasteiger partial charge in [0.2, 0.25) is 5.91 Å². The molecule has 2 aromatic carbocycles. The molecule has 1 aliphatic heterocycles. The van der Waals surface area contributed by atoms with E-state index in [1.54, 1.807) is 18.2 Å². The van der Waals surface area contributed by atoms with Crippen molar-refractivity contribution in [3.63, 3.8) is 0 Å². The average molecular weight is 362 g/mol. The first-order valence-electron chi connectivity index (χ1n) is 7.82. The van der Waals surface area contributed by atoms with Crippen molar-refractivity contribution >= 4 is 35.4 Å². The highest BCUT2D eigenvalue weighted by Crippen LogP contribution is 2.32. The van der Waals surface area contributed by atoms with Crippen LogP contribution in [0.1, 0.15) is 40.0 Å².